The zero-order valence-corrected chi connectivity index (χ0v) is 24.8. The maximum absolute atomic E-state index is 13.8. The average Bonchev–Trinajstić information content (AvgIpc) is 3.43. The van der Waals surface area contributed by atoms with Gasteiger partial charge in [-0.25, -0.2) is 0 Å². The van der Waals surface area contributed by atoms with E-state index in [-0.39, 0.29) is 30.1 Å². The van der Waals surface area contributed by atoms with E-state index in [9.17, 15) is 9.59 Å². The maximum Gasteiger partial charge on any atom is 0.303 e. The van der Waals surface area contributed by atoms with Crippen molar-refractivity contribution in [2.75, 3.05) is 20.1 Å². The maximum atomic E-state index is 13.8. The van der Waals surface area contributed by atoms with Crippen molar-refractivity contribution in [3.63, 3.8) is 0 Å². The van der Waals surface area contributed by atoms with Gasteiger partial charge < -0.3 is 14.4 Å². The molecule has 0 unspecified atom stereocenters. The zero-order valence-electron chi connectivity index (χ0n) is 22.4. The number of ether oxygens (including phenoxy) is 2. The Hall–Kier alpha value is -2.16. The van der Waals surface area contributed by atoms with Crippen LogP contribution in [-0.4, -0.2) is 65.6 Å². The standard InChI is InChI=1S/C30H35BrN2O4S/c1-18(2)16-33(26(35)9-8-22-15-21(31)17-38-22)23-10-11-30(37-19(3)34)25-14-20-6-5-7-24-27(20)29(30,28(23)36-24)12-13-32(25)4/h5-9,15,17-18,23,25,28H,10-14,16H2,1-4H3/b9-8+/t23-,25-,28+,29+,30-/m1/s1. The van der Waals surface area contributed by atoms with Gasteiger partial charge >= 0.3 is 5.97 Å². The van der Waals surface area contributed by atoms with Gasteiger partial charge in [-0.05, 0) is 84.9 Å². The summed E-state index contributed by atoms with van der Waals surface area (Å²) in [4.78, 5) is 32.0. The molecule has 4 aliphatic rings. The predicted octanol–water partition coefficient (Wildman–Crippen LogP) is 5.43. The average molecular weight is 600 g/mol. The molecule has 2 aromatic rings. The number of likely N-dealkylation sites (N-methyl/N-ethyl adjacent to an activating group) is 1. The summed E-state index contributed by atoms with van der Waals surface area (Å²) in [6.45, 7) is 7.38. The summed E-state index contributed by atoms with van der Waals surface area (Å²) in [5.74, 6) is 0.964. The Labute approximate surface area is 237 Å². The molecule has 1 spiro atoms. The number of hydrogen-bond donors (Lipinski definition) is 0. The van der Waals surface area contributed by atoms with E-state index in [1.54, 1.807) is 17.4 Å². The van der Waals surface area contributed by atoms with Crippen LogP contribution in [0, 0.1) is 5.92 Å². The van der Waals surface area contributed by atoms with Crippen molar-refractivity contribution < 1.29 is 19.1 Å². The number of esters is 1. The molecule has 6 rings (SSSR count). The first kappa shape index (κ1) is 26.1. The van der Waals surface area contributed by atoms with Crippen LogP contribution in [0.5, 0.6) is 5.75 Å². The molecule has 2 aliphatic carbocycles. The highest BCUT2D eigenvalue weighted by Gasteiger charge is 2.75. The van der Waals surface area contributed by atoms with Crippen LogP contribution in [-0.2, 0) is 26.2 Å². The second-order valence-electron chi connectivity index (χ2n) is 11.7. The first-order valence-corrected chi connectivity index (χ1v) is 15.2. The number of amides is 1. The van der Waals surface area contributed by atoms with E-state index < -0.39 is 11.0 Å². The van der Waals surface area contributed by atoms with Gasteiger partial charge in [0.25, 0.3) is 0 Å². The van der Waals surface area contributed by atoms with E-state index in [4.69, 9.17) is 9.47 Å². The highest BCUT2D eigenvalue weighted by molar-refractivity contribution is 9.10. The SMILES string of the molecule is CC(=O)O[C@@]12CC[C@@H](N(CC(C)C)C(=O)/C=C/c3cc(Br)cs3)[C@@H]3Oc4cccc5c4[C@@]31CCN(C)[C@@H]2C5. The van der Waals surface area contributed by atoms with Gasteiger partial charge in [-0.15, -0.1) is 11.3 Å². The number of carbonyl (C=O) groups is 2. The third-order valence-corrected chi connectivity index (χ3v) is 10.8. The lowest BCUT2D eigenvalue weighted by atomic mass is 9.48. The molecule has 2 bridgehead atoms. The molecule has 2 aliphatic heterocycles. The third-order valence-electron chi connectivity index (χ3n) is 9.11. The molecule has 3 heterocycles. The molecular formula is C30H35BrN2O4S. The second kappa shape index (κ2) is 9.49. The third kappa shape index (κ3) is 3.81. The van der Waals surface area contributed by atoms with Crippen LogP contribution >= 0.6 is 27.3 Å². The highest BCUT2D eigenvalue weighted by atomic mass is 79.9. The fraction of sp³-hybridized carbons (Fsp3) is 0.533. The fourth-order valence-electron chi connectivity index (χ4n) is 7.90. The van der Waals surface area contributed by atoms with Crippen molar-refractivity contribution in [1.82, 2.24) is 9.80 Å². The van der Waals surface area contributed by atoms with Gasteiger partial charge in [0.1, 0.15) is 17.5 Å². The lowest BCUT2D eigenvalue weighted by Crippen LogP contribution is -2.79. The Morgan fingerprint density at radius 1 is 1.34 bits per heavy atom. The number of halogens is 1. The molecule has 0 radical (unpaired) electrons. The van der Waals surface area contributed by atoms with Crippen molar-refractivity contribution in [2.45, 2.75) is 75.7 Å². The molecular weight excluding hydrogens is 564 g/mol. The summed E-state index contributed by atoms with van der Waals surface area (Å²) < 4.78 is 14.4. The summed E-state index contributed by atoms with van der Waals surface area (Å²) in [5.41, 5.74) is 1.37. The van der Waals surface area contributed by atoms with Crippen LogP contribution < -0.4 is 4.74 Å². The second-order valence-corrected chi connectivity index (χ2v) is 13.6. The Morgan fingerprint density at radius 3 is 2.87 bits per heavy atom. The van der Waals surface area contributed by atoms with Gasteiger partial charge in [0, 0.05) is 39.8 Å². The first-order chi connectivity index (χ1) is 18.2. The topological polar surface area (TPSA) is 59.1 Å². The lowest BCUT2D eigenvalue weighted by molar-refractivity contribution is -0.221. The van der Waals surface area contributed by atoms with Crippen LogP contribution in [0.2, 0.25) is 0 Å². The van der Waals surface area contributed by atoms with Gasteiger partial charge in [0.15, 0.2) is 0 Å². The molecule has 202 valence electrons. The van der Waals surface area contributed by atoms with Gasteiger partial charge in [0.2, 0.25) is 5.91 Å². The Morgan fingerprint density at radius 2 is 2.16 bits per heavy atom. The minimum absolute atomic E-state index is 0.00433. The van der Waals surface area contributed by atoms with Gasteiger partial charge in [-0.1, -0.05) is 26.0 Å². The summed E-state index contributed by atoms with van der Waals surface area (Å²) in [6, 6.07) is 8.33. The number of rotatable bonds is 6. The molecule has 1 aromatic carbocycles. The normalized spacial score (nSPS) is 31.3. The van der Waals surface area contributed by atoms with Crippen molar-refractivity contribution in [1.29, 1.82) is 0 Å². The Bertz CT molecular complexity index is 1310. The number of benzene rings is 1. The van der Waals surface area contributed by atoms with E-state index in [1.165, 1.54) is 18.1 Å². The van der Waals surface area contributed by atoms with Crippen LogP contribution in [0.4, 0.5) is 0 Å². The molecule has 5 atom stereocenters. The van der Waals surface area contributed by atoms with Crippen LogP contribution in [0.15, 0.2) is 40.2 Å². The largest absolute Gasteiger partial charge is 0.487 e. The highest BCUT2D eigenvalue weighted by Crippen LogP contribution is 2.65. The van der Waals surface area contributed by atoms with Crippen molar-refractivity contribution in [3.05, 3.63) is 56.2 Å². The van der Waals surface area contributed by atoms with Crippen molar-refractivity contribution >= 4 is 45.2 Å². The number of likely N-dealkylation sites (tertiary alicyclic amines) is 1. The first-order valence-electron chi connectivity index (χ1n) is 13.6. The molecule has 1 saturated carbocycles. The smallest absolute Gasteiger partial charge is 0.303 e. The van der Waals surface area contributed by atoms with E-state index in [0.717, 1.165) is 40.9 Å². The molecule has 1 amide bonds. The fourth-order valence-corrected chi connectivity index (χ4v) is 9.23. The molecule has 0 N–H and O–H groups in total. The molecule has 6 nitrogen and oxygen atoms in total. The van der Waals surface area contributed by atoms with Gasteiger partial charge in [0.05, 0.1) is 17.5 Å². The zero-order chi connectivity index (χ0) is 26.8. The Kier molecular flexibility index (Phi) is 6.51. The predicted molar refractivity (Wildman–Crippen MR) is 152 cm³/mol. The van der Waals surface area contributed by atoms with Crippen LogP contribution in [0.3, 0.4) is 0 Å². The quantitative estimate of drug-likeness (QED) is 0.328. The molecule has 8 heteroatoms. The monoisotopic (exact) mass is 598 g/mol. The van der Waals surface area contributed by atoms with Crippen molar-refractivity contribution in [2.24, 2.45) is 5.92 Å². The lowest BCUT2D eigenvalue weighted by Gasteiger charge is -2.65. The van der Waals surface area contributed by atoms with E-state index in [0.29, 0.717) is 18.9 Å². The van der Waals surface area contributed by atoms with Crippen LogP contribution in [0.1, 0.15) is 56.0 Å². The number of hydrogen-bond acceptors (Lipinski definition) is 6. The summed E-state index contributed by atoms with van der Waals surface area (Å²) in [6.07, 6.45) is 6.45. The molecule has 38 heavy (non-hydrogen) atoms. The number of piperidine rings is 1. The minimum Gasteiger partial charge on any atom is -0.487 e. The summed E-state index contributed by atoms with van der Waals surface area (Å²) >= 11 is 5.10. The number of carbonyl (C=O) groups excluding carboxylic acids is 2. The van der Waals surface area contributed by atoms with E-state index >= 15 is 0 Å². The van der Waals surface area contributed by atoms with Gasteiger partial charge in [-0.2, -0.15) is 0 Å². The number of thiophene rings is 1. The minimum atomic E-state index is -0.668. The molecule has 1 saturated heterocycles. The molecule has 1 aromatic heterocycles. The van der Waals surface area contributed by atoms with E-state index in [1.807, 2.05) is 22.4 Å². The molecule has 2 fully saturated rings. The van der Waals surface area contributed by atoms with Crippen molar-refractivity contribution in [3.8, 4) is 5.75 Å². The summed E-state index contributed by atoms with van der Waals surface area (Å²) in [5, 5.41) is 2.02. The Balaban J connectivity index is 1.45. The van der Waals surface area contributed by atoms with Crippen LogP contribution in [0.25, 0.3) is 6.08 Å². The van der Waals surface area contributed by atoms with E-state index in [2.05, 4.69) is 59.9 Å². The van der Waals surface area contributed by atoms with Gasteiger partial charge in [-0.3, -0.25) is 14.5 Å². The summed E-state index contributed by atoms with van der Waals surface area (Å²) in [7, 11) is 2.15. The number of nitrogens with zero attached hydrogens (tertiary/aromatic N) is 2.